The van der Waals surface area contributed by atoms with E-state index >= 15 is 0 Å². The summed E-state index contributed by atoms with van der Waals surface area (Å²) >= 11 is 0. The molecule has 1 heterocycles. The molecule has 1 rings (SSSR count). The van der Waals surface area contributed by atoms with E-state index in [0.717, 1.165) is 19.5 Å². The summed E-state index contributed by atoms with van der Waals surface area (Å²) in [6.07, 6.45) is 5.21. The summed E-state index contributed by atoms with van der Waals surface area (Å²) in [7, 11) is 0. The van der Waals surface area contributed by atoms with Crippen molar-refractivity contribution >= 4 is 0 Å². The van der Waals surface area contributed by atoms with E-state index in [-0.39, 0.29) is 6.04 Å². The molecule has 1 unspecified atom stereocenters. The molecular formula is C13H26N4. The minimum atomic E-state index is 0.287. The summed E-state index contributed by atoms with van der Waals surface area (Å²) in [5.74, 6) is 0. The van der Waals surface area contributed by atoms with Crippen LogP contribution in [-0.4, -0.2) is 33.8 Å². The predicted octanol–water partition coefficient (Wildman–Crippen LogP) is 2.02. The highest BCUT2D eigenvalue weighted by Crippen LogP contribution is 2.21. The van der Waals surface area contributed by atoms with Gasteiger partial charge in [0.2, 0.25) is 0 Å². The van der Waals surface area contributed by atoms with Crippen LogP contribution in [-0.2, 0) is 6.54 Å². The maximum atomic E-state index is 5.95. The summed E-state index contributed by atoms with van der Waals surface area (Å²) in [6.45, 7) is 11.4. The molecule has 1 aromatic heterocycles. The van der Waals surface area contributed by atoms with Crippen LogP contribution in [0, 0.1) is 0 Å². The van der Waals surface area contributed by atoms with Crippen molar-refractivity contribution in [3.63, 3.8) is 0 Å². The van der Waals surface area contributed by atoms with Crippen molar-refractivity contribution in [2.45, 2.75) is 52.7 Å². The number of aryl methyl sites for hydroxylation is 1. The van der Waals surface area contributed by atoms with Gasteiger partial charge in [0.1, 0.15) is 0 Å². The summed E-state index contributed by atoms with van der Waals surface area (Å²) in [5.41, 5.74) is 7.18. The highest BCUT2D eigenvalue weighted by atomic mass is 15.3. The first-order chi connectivity index (χ1) is 8.13. The molecule has 2 N–H and O–H groups in total. The zero-order chi connectivity index (χ0) is 12.8. The van der Waals surface area contributed by atoms with Crippen LogP contribution < -0.4 is 5.73 Å². The van der Waals surface area contributed by atoms with Crippen molar-refractivity contribution in [1.82, 2.24) is 14.7 Å². The lowest BCUT2D eigenvalue weighted by Gasteiger charge is -2.33. The largest absolute Gasteiger partial charge is 0.329 e. The number of nitrogens with zero attached hydrogens (tertiary/aromatic N) is 3. The van der Waals surface area contributed by atoms with Crippen molar-refractivity contribution in [3.8, 4) is 0 Å². The van der Waals surface area contributed by atoms with Crippen LogP contribution in [0.1, 0.15) is 45.7 Å². The van der Waals surface area contributed by atoms with E-state index in [1.165, 1.54) is 5.56 Å². The molecule has 17 heavy (non-hydrogen) atoms. The van der Waals surface area contributed by atoms with E-state index < -0.39 is 0 Å². The van der Waals surface area contributed by atoms with E-state index in [1.807, 2.05) is 10.9 Å². The van der Waals surface area contributed by atoms with Gasteiger partial charge in [0.15, 0.2) is 0 Å². The van der Waals surface area contributed by atoms with Crippen LogP contribution in [0.5, 0.6) is 0 Å². The molecule has 0 aliphatic carbocycles. The number of nitrogens with two attached hydrogens (primary N) is 1. The Morgan fingerprint density at radius 2 is 2.12 bits per heavy atom. The highest BCUT2D eigenvalue weighted by molar-refractivity contribution is 5.11. The first kappa shape index (κ1) is 14.2. The van der Waals surface area contributed by atoms with Crippen molar-refractivity contribution < 1.29 is 0 Å². The normalized spacial score (nSPS) is 13.6. The molecule has 0 bridgehead atoms. The van der Waals surface area contributed by atoms with Gasteiger partial charge in [-0.15, -0.1) is 0 Å². The van der Waals surface area contributed by atoms with E-state index in [1.54, 1.807) is 0 Å². The zero-order valence-electron chi connectivity index (χ0n) is 11.6. The highest BCUT2D eigenvalue weighted by Gasteiger charge is 2.22. The maximum Gasteiger partial charge on any atom is 0.0538 e. The molecule has 0 radical (unpaired) electrons. The Hall–Kier alpha value is -0.870. The van der Waals surface area contributed by atoms with Gasteiger partial charge in [-0.3, -0.25) is 9.58 Å². The Morgan fingerprint density at radius 1 is 1.41 bits per heavy atom. The van der Waals surface area contributed by atoms with Crippen LogP contribution in [0.4, 0.5) is 0 Å². The van der Waals surface area contributed by atoms with Crippen LogP contribution in [0.2, 0.25) is 0 Å². The van der Waals surface area contributed by atoms with Gasteiger partial charge < -0.3 is 5.73 Å². The second-order valence-corrected chi connectivity index (χ2v) is 4.71. The van der Waals surface area contributed by atoms with Crippen molar-refractivity contribution in [2.24, 2.45) is 5.73 Å². The third-order valence-corrected chi connectivity index (χ3v) is 3.13. The van der Waals surface area contributed by atoms with Crippen molar-refractivity contribution in [1.29, 1.82) is 0 Å². The van der Waals surface area contributed by atoms with Gasteiger partial charge in [0.05, 0.1) is 12.2 Å². The lowest BCUT2D eigenvalue weighted by atomic mass is 10.1. The lowest BCUT2D eigenvalue weighted by Crippen LogP contribution is -2.39. The van der Waals surface area contributed by atoms with E-state index in [2.05, 4.69) is 43.9 Å². The molecule has 0 fully saturated rings. The second kappa shape index (κ2) is 6.77. The molecule has 1 aromatic rings. The van der Waals surface area contributed by atoms with Gasteiger partial charge in [-0.25, -0.2) is 0 Å². The first-order valence-electron chi connectivity index (χ1n) is 6.62. The maximum absolute atomic E-state index is 5.95. The molecule has 98 valence electrons. The predicted molar refractivity (Wildman–Crippen MR) is 71.8 cm³/mol. The number of hydrogen-bond acceptors (Lipinski definition) is 3. The fraction of sp³-hybridized carbons (Fsp3) is 0.769. The first-order valence-corrected chi connectivity index (χ1v) is 6.62. The molecule has 0 saturated heterocycles. The monoisotopic (exact) mass is 238 g/mol. The fourth-order valence-electron chi connectivity index (χ4n) is 2.22. The van der Waals surface area contributed by atoms with Crippen LogP contribution in [0.3, 0.4) is 0 Å². The molecule has 0 aliphatic heterocycles. The summed E-state index contributed by atoms with van der Waals surface area (Å²) < 4.78 is 1.96. The molecular weight excluding hydrogens is 212 g/mol. The SMILES string of the molecule is CCCN(C(C)C)C(CN)c1cnn(CC)c1. The van der Waals surface area contributed by atoms with Gasteiger partial charge in [-0.1, -0.05) is 6.92 Å². The third kappa shape index (κ3) is 3.54. The summed E-state index contributed by atoms with van der Waals surface area (Å²) in [5, 5.41) is 4.34. The van der Waals surface area contributed by atoms with Gasteiger partial charge in [-0.05, 0) is 33.7 Å². The molecule has 0 aliphatic rings. The lowest BCUT2D eigenvalue weighted by molar-refractivity contribution is 0.157. The summed E-state index contributed by atoms with van der Waals surface area (Å²) in [6, 6.07) is 0.795. The van der Waals surface area contributed by atoms with E-state index in [0.29, 0.717) is 12.6 Å². The minimum Gasteiger partial charge on any atom is -0.329 e. The Morgan fingerprint density at radius 3 is 2.53 bits per heavy atom. The van der Waals surface area contributed by atoms with E-state index in [4.69, 9.17) is 5.73 Å². The van der Waals surface area contributed by atoms with Gasteiger partial charge in [-0.2, -0.15) is 5.10 Å². The van der Waals surface area contributed by atoms with Crippen molar-refractivity contribution in [2.75, 3.05) is 13.1 Å². The fourth-order valence-corrected chi connectivity index (χ4v) is 2.22. The van der Waals surface area contributed by atoms with Gasteiger partial charge >= 0.3 is 0 Å². The Balaban J connectivity index is 2.87. The topological polar surface area (TPSA) is 47.1 Å². The molecule has 4 heteroatoms. The number of hydrogen-bond donors (Lipinski definition) is 1. The van der Waals surface area contributed by atoms with Gasteiger partial charge in [0.25, 0.3) is 0 Å². The standard InChI is InChI=1S/C13H26N4/c1-5-7-17(11(3)4)13(8-14)12-9-15-16(6-2)10-12/h9-11,13H,5-8,14H2,1-4H3. The molecule has 0 amide bonds. The average molecular weight is 238 g/mol. The van der Waals surface area contributed by atoms with Crippen LogP contribution in [0.25, 0.3) is 0 Å². The molecule has 0 aromatic carbocycles. The Labute approximate surface area is 105 Å². The molecule has 0 saturated carbocycles. The minimum absolute atomic E-state index is 0.287. The molecule has 0 spiro atoms. The number of aromatic nitrogens is 2. The number of rotatable bonds is 7. The Kier molecular flexibility index (Phi) is 5.65. The average Bonchev–Trinajstić information content (AvgIpc) is 2.77. The third-order valence-electron chi connectivity index (χ3n) is 3.13. The quantitative estimate of drug-likeness (QED) is 0.790. The van der Waals surface area contributed by atoms with E-state index in [9.17, 15) is 0 Å². The van der Waals surface area contributed by atoms with Gasteiger partial charge in [0, 0.05) is 30.9 Å². The molecule has 4 nitrogen and oxygen atoms in total. The van der Waals surface area contributed by atoms with Crippen molar-refractivity contribution in [3.05, 3.63) is 18.0 Å². The second-order valence-electron chi connectivity index (χ2n) is 4.71. The molecule has 1 atom stereocenters. The van der Waals surface area contributed by atoms with Crippen LogP contribution >= 0.6 is 0 Å². The Bertz CT molecular complexity index is 319. The smallest absolute Gasteiger partial charge is 0.0538 e. The summed E-state index contributed by atoms with van der Waals surface area (Å²) in [4.78, 5) is 2.46. The zero-order valence-corrected chi connectivity index (χ0v) is 11.6. The van der Waals surface area contributed by atoms with Crippen LogP contribution in [0.15, 0.2) is 12.4 Å².